The second kappa shape index (κ2) is 7.37. The number of amides is 1. The van der Waals surface area contributed by atoms with E-state index < -0.39 is 0 Å². The van der Waals surface area contributed by atoms with E-state index in [2.05, 4.69) is 25.2 Å². The molecule has 0 spiro atoms. The molecule has 0 saturated carbocycles. The summed E-state index contributed by atoms with van der Waals surface area (Å²) in [5.74, 6) is 0.607. The lowest BCUT2D eigenvalue weighted by Crippen LogP contribution is -2.31. The first-order valence-corrected chi connectivity index (χ1v) is 9.74. The first kappa shape index (κ1) is 16.9. The number of carbonyl (C=O) groups is 1. The van der Waals surface area contributed by atoms with Crippen molar-refractivity contribution in [3.05, 3.63) is 46.7 Å². The number of nitrogens with one attached hydrogen (secondary N) is 1. The Balaban J connectivity index is 1.46. The highest BCUT2D eigenvalue weighted by molar-refractivity contribution is 7.20. The largest absolute Gasteiger partial charge is 0.344 e. The molecule has 1 aliphatic heterocycles. The monoisotopic (exact) mass is 367 g/mol. The second-order valence-corrected chi connectivity index (χ2v) is 7.55. The van der Waals surface area contributed by atoms with E-state index in [0.717, 1.165) is 40.6 Å². The molecule has 1 aliphatic rings. The van der Waals surface area contributed by atoms with Crippen molar-refractivity contribution in [2.75, 3.05) is 18.0 Å². The Hall–Kier alpha value is -2.54. The molecule has 0 unspecified atom stereocenters. The van der Waals surface area contributed by atoms with Crippen LogP contribution in [0.3, 0.4) is 0 Å². The van der Waals surface area contributed by atoms with Crippen molar-refractivity contribution < 1.29 is 4.79 Å². The standard InChI is InChI=1S/C19H21N5OS/c1-13-11-14(22-19(21-13)24-9-5-2-6-10-24)12-20-17(25)18-23-15-7-3-4-8-16(15)26-18/h3-4,7-8,11H,2,5-6,9-10,12H2,1H3,(H,20,25). The van der Waals surface area contributed by atoms with E-state index in [1.165, 1.54) is 30.6 Å². The number of hydrogen-bond acceptors (Lipinski definition) is 6. The number of thiazole rings is 1. The Kier molecular flexibility index (Phi) is 4.79. The molecular weight excluding hydrogens is 346 g/mol. The Labute approximate surface area is 156 Å². The summed E-state index contributed by atoms with van der Waals surface area (Å²) in [5.41, 5.74) is 2.60. The molecule has 1 N–H and O–H groups in total. The van der Waals surface area contributed by atoms with Crippen molar-refractivity contribution in [2.24, 2.45) is 0 Å². The second-order valence-electron chi connectivity index (χ2n) is 6.52. The smallest absolute Gasteiger partial charge is 0.280 e. The van der Waals surface area contributed by atoms with Crippen LogP contribution < -0.4 is 10.2 Å². The van der Waals surface area contributed by atoms with Crippen molar-refractivity contribution in [3.8, 4) is 0 Å². The number of hydrogen-bond donors (Lipinski definition) is 1. The van der Waals surface area contributed by atoms with Gasteiger partial charge in [-0.15, -0.1) is 11.3 Å². The highest BCUT2D eigenvalue weighted by Crippen LogP contribution is 2.21. The molecule has 1 fully saturated rings. The van der Waals surface area contributed by atoms with Crippen LogP contribution in [0.2, 0.25) is 0 Å². The maximum atomic E-state index is 12.4. The Morgan fingerprint density at radius 3 is 2.77 bits per heavy atom. The number of nitrogens with zero attached hydrogens (tertiary/aromatic N) is 4. The van der Waals surface area contributed by atoms with Crippen molar-refractivity contribution in [3.63, 3.8) is 0 Å². The van der Waals surface area contributed by atoms with E-state index in [1.807, 2.05) is 37.3 Å². The lowest BCUT2D eigenvalue weighted by atomic mass is 10.1. The van der Waals surface area contributed by atoms with E-state index in [0.29, 0.717) is 11.6 Å². The van der Waals surface area contributed by atoms with Gasteiger partial charge in [-0.05, 0) is 44.4 Å². The highest BCUT2D eigenvalue weighted by Gasteiger charge is 2.16. The molecule has 3 aromatic rings. The average Bonchev–Trinajstić information content (AvgIpc) is 3.11. The van der Waals surface area contributed by atoms with E-state index in [9.17, 15) is 4.79 Å². The number of aryl methyl sites for hydroxylation is 1. The topological polar surface area (TPSA) is 71.0 Å². The van der Waals surface area contributed by atoms with Crippen molar-refractivity contribution in [1.82, 2.24) is 20.3 Å². The summed E-state index contributed by atoms with van der Waals surface area (Å²) in [5, 5.41) is 3.41. The van der Waals surface area contributed by atoms with Crippen molar-refractivity contribution in [1.29, 1.82) is 0 Å². The minimum atomic E-state index is -0.165. The third-order valence-electron chi connectivity index (χ3n) is 4.45. The van der Waals surface area contributed by atoms with E-state index in [-0.39, 0.29) is 5.91 Å². The fourth-order valence-corrected chi connectivity index (χ4v) is 4.04. The summed E-state index contributed by atoms with van der Waals surface area (Å²) in [7, 11) is 0. The zero-order chi connectivity index (χ0) is 17.9. The molecule has 2 aromatic heterocycles. The van der Waals surface area contributed by atoms with Crippen molar-refractivity contribution >= 4 is 33.4 Å². The summed E-state index contributed by atoms with van der Waals surface area (Å²) < 4.78 is 1.02. The molecule has 0 radical (unpaired) electrons. The van der Waals surface area contributed by atoms with Crippen LogP contribution in [-0.2, 0) is 6.54 Å². The molecule has 4 rings (SSSR count). The van der Waals surface area contributed by atoms with Gasteiger partial charge in [-0.25, -0.2) is 15.0 Å². The summed E-state index contributed by atoms with van der Waals surface area (Å²) >= 11 is 1.41. The molecule has 0 bridgehead atoms. The molecule has 134 valence electrons. The molecule has 1 saturated heterocycles. The van der Waals surface area contributed by atoms with Gasteiger partial charge < -0.3 is 10.2 Å². The maximum absolute atomic E-state index is 12.4. The van der Waals surface area contributed by atoms with Crippen LogP contribution >= 0.6 is 11.3 Å². The Bertz CT molecular complexity index is 900. The molecule has 6 nitrogen and oxygen atoms in total. The maximum Gasteiger partial charge on any atom is 0.280 e. The van der Waals surface area contributed by atoms with Gasteiger partial charge in [0.2, 0.25) is 5.95 Å². The quantitative estimate of drug-likeness (QED) is 0.766. The number of piperidine rings is 1. The summed E-state index contributed by atoms with van der Waals surface area (Å²) in [4.78, 5) is 28.3. The van der Waals surface area contributed by atoms with Crippen LogP contribution in [-0.4, -0.2) is 33.9 Å². The number of rotatable bonds is 4. The molecule has 0 atom stereocenters. The third-order valence-corrected chi connectivity index (χ3v) is 5.49. The van der Waals surface area contributed by atoms with Crippen LogP contribution in [0.4, 0.5) is 5.95 Å². The van der Waals surface area contributed by atoms with Crippen LogP contribution in [0.25, 0.3) is 10.2 Å². The number of aromatic nitrogens is 3. The minimum absolute atomic E-state index is 0.165. The highest BCUT2D eigenvalue weighted by atomic mass is 32.1. The van der Waals surface area contributed by atoms with Gasteiger partial charge in [0.05, 0.1) is 22.5 Å². The number of fused-ring (bicyclic) bond motifs is 1. The third kappa shape index (κ3) is 3.67. The average molecular weight is 367 g/mol. The van der Waals surface area contributed by atoms with Gasteiger partial charge in [0.1, 0.15) is 0 Å². The van der Waals surface area contributed by atoms with Gasteiger partial charge >= 0.3 is 0 Å². The van der Waals surface area contributed by atoms with Crippen LogP contribution in [0.1, 0.15) is 40.5 Å². The molecule has 0 aliphatic carbocycles. The lowest BCUT2D eigenvalue weighted by Gasteiger charge is -2.27. The van der Waals surface area contributed by atoms with Gasteiger partial charge in [0.25, 0.3) is 5.91 Å². The molecule has 3 heterocycles. The number of anilines is 1. The molecule has 26 heavy (non-hydrogen) atoms. The predicted octanol–water partition coefficient (Wildman–Crippen LogP) is 3.32. The fourth-order valence-electron chi connectivity index (χ4n) is 3.16. The number of para-hydroxylation sites is 1. The first-order valence-electron chi connectivity index (χ1n) is 8.92. The zero-order valence-corrected chi connectivity index (χ0v) is 15.6. The lowest BCUT2D eigenvalue weighted by molar-refractivity contribution is 0.0950. The Morgan fingerprint density at radius 2 is 1.96 bits per heavy atom. The van der Waals surface area contributed by atoms with Gasteiger partial charge in [0.15, 0.2) is 5.01 Å². The van der Waals surface area contributed by atoms with E-state index >= 15 is 0 Å². The zero-order valence-electron chi connectivity index (χ0n) is 14.7. The Morgan fingerprint density at radius 1 is 1.15 bits per heavy atom. The van der Waals surface area contributed by atoms with E-state index in [1.54, 1.807) is 0 Å². The van der Waals surface area contributed by atoms with Gasteiger partial charge in [-0.2, -0.15) is 0 Å². The first-order chi connectivity index (χ1) is 12.7. The predicted molar refractivity (Wildman–Crippen MR) is 104 cm³/mol. The molecule has 1 amide bonds. The number of carbonyl (C=O) groups excluding carboxylic acids is 1. The van der Waals surface area contributed by atoms with Crippen LogP contribution in [0.15, 0.2) is 30.3 Å². The van der Waals surface area contributed by atoms with Gasteiger partial charge in [0, 0.05) is 18.8 Å². The normalized spacial score (nSPS) is 14.6. The molecule has 1 aromatic carbocycles. The van der Waals surface area contributed by atoms with Crippen molar-refractivity contribution in [2.45, 2.75) is 32.7 Å². The van der Waals surface area contributed by atoms with E-state index in [4.69, 9.17) is 0 Å². The number of benzene rings is 1. The summed E-state index contributed by atoms with van der Waals surface area (Å²) in [6.45, 7) is 4.34. The molecular formula is C19H21N5OS. The van der Waals surface area contributed by atoms with Crippen LogP contribution in [0, 0.1) is 6.92 Å². The SMILES string of the molecule is Cc1cc(CNC(=O)c2nc3ccccc3s2)nc(N2CCCCC2)n1. The molecule has 7 heteroatoms. The fraction of sp³-hybridized carbons (Fsp3) is 0.368. The minimum Gasteiger partial charge on any atom is -0.344 e. The summed E-state index contributed by atoms with van der Waals surface area (Å²) in [6, 6.07) is 9.69. The van der Waals surface area contributed by atoms with Crippen LogP contribution in [0.5, 0.6) is 0 Å². The van der Waals surface area contributed by atoms with Gasteiger partial charge in [-0.1, -0.05) is 12.1 Å². The summed E-state index contributed by atoms with van der Waals surface area (Å²) in [6.07, 6.45) is 3.63. The van der Waals surface area contributed by atoms with Gasteiger partial charge in [-0.3, -0.25) is 4.79 Å².